The van der Waals surface area contributed by atoms with Crippen molar-refractivity contribution in [1.29, 1.82) is 0 Å². The van der Waals surface area contributed by atoms with E-state index < -0.39 is 0 Å². The third-order valence-corrected chi connectivity index (χ3v) is 4.40. The van der Waals surface area contributed by atoms with Crippen LogP contribution in [0.5, 0.6) is 0 Å². The molecule has 2 unspecified atom stereocenters. The van der Waals surface area contributed by atoms with Crippen molar-refractivity contribution >= 4 is 21.7 Å². The first-order valence-electron chi connectivity index (χ1n) is 5.94. The lowest BCUT2D eigenvalue weighted by Gasteiger charge is -2.13. The molecule has 1 aromatic carbocycles. The fourth-order valence-corrected chi connectivity index (χ4v) is 3.22. The lowest BCUT2D eigenvalue weighted by molar-refractivity contribution is 0.0996. The second-order valence-corrected chi connectivity index (χ2v) is 5.59. The van der Waals surface area contributed by atoms with Crippen LogP contribution in [-0.2, 0) is 0 Å². The van der Waals surface area contributed by atoms with Crippen molar-refractivity contribution in [2.45, 2.75) is 43.9 Å². The van der Waals surface area contributed by atoms with Crippen molar-refractivity contribution in [2.75, 3.05) is 0 Å². The summed E-state index contributed by atoms with van der Waals surface area (Å²) in [6.45, 7) is 4.28. The lowest BCUT2D eigenvalue weighted by atomic mass is 9.94. The Morgan fingerprint density at radius 2 is 2.12 bits per heavy atom. The molecular weight excluding hydrogens is 264 g/mol. The van der Waals surface area contributed by atoms with Crippen LogP contribution in [0.3, 0.4) is 0 Å². The van der Waals surface area contributed by atoms with Gasteiger partial charge in [-0.2, -0.15) is 0 Å². The molecule has 1 nitrogen and oxygen atoms in total. The highest BCUT2D eigenvalue weighted by molar-refractivity contribution is 9.10. The van der Waals surface area contributed by atoms with Gasteiger partial charge in [0.25, 0.3) is 0 Å². The lowest BCUT2D eigenvalue weighted by Crippen LogP contribution is -2.12. The highest BCUT2D eigenvalue weighted by Gasteiger charge is 2.37. The Morgan fingerprint density at radius 3 is 2.81 bits per heavy atom. The van der Waals surface area contributed by atoms with Gasteiger partial charge >= 0.3 is 0 Å². The summed E-state index contributed by atoms with van der Waals surface area (Å²) >= 11 is 3.56. The number of benzene rings is 1. The van der Waals surface area contributed by atoms with E-state index >= 15 is 0 Å². The van der Waals surface area contributed by atoms with E-state index in [1.807, 2.05) is 12.1 Å². The van der Waals surface area contributed by atoms with Gasteiger partial charge < -0.3 is 0 Å². The maximum atomic E-state index is 12.0. The van der Waals surface area contributed by atoms with Crippen molar-refractivity contribution < 1.29 is 4.79 Å². The van der Waals surface area contributed by atoms with Crippen LogP contribution in [0.25, 0.3) is 0 Å². The maximum absolute atomic E-state index is 12.0. The first kappa shape index (κ1) is 11.8. The Morgan fingerprint density at radius 1 is 1.38 bits per heavy atom. The summed E-state index contributed by atoms with van der Waals surface area (Å²) in [5.41, 5.74) is 3.42. The van der Waals surface area contributed by atoms with E-state index in [1.54, 1.807) is 0 Å². The molecule has 0 N–H and O–H groups in total. The summed E-state index contributed by atoms with van der Waals surface area (Å²) in [6.07, 6.45) is 3.48. The number of hydrogen-bond acceptors (Lipinski definition) is 1. The molecule has 0 amide bonds. The van der Waals surface area contributed by atoms with E-state index in [1.165, 1.54) is 24.0 Å². The molecule has 0 radical (unpaired) electrons. The average molecular weight is 281 g/mol. The van der Waals surface area contributed by atoms with Gasteiger partial charge in [0.05, 0.1) is 4.83 Å². The Labute approximate surface area is 105 Å². The van der Waals surface area contributed by atoms with Gasteiger partial charge in [0.15, 0.2) is 5.78 Å². The molecule has 2 atom stereocenters. The van der Waals surface area contributed by atoms with Gasteiger partial charge in [0.2, 0.25) is 0 Å². The standard InChI is InChI=1S/C14H17BrO/c1-3-4-5-10-12-8-9(2)6-7-11(12)14(16)13(10)15/h6-8,10,13H,3-5H2,1-2H3. The molecule has 0 aliphatic heterocycles. The molecule has 16 heavy (non-hydrogen) atoms. The predicted molar refractivity (Wildman–Crippen MR) is 70.5 cm³/mol. The molecule has 2 rings (SSSR count). The number of hydrogen-bond donors (Lipinski definition) is 0. The molecule has 1 aliphatic carbocycles. The Hall–Kier alpha value is -0.630. The van der Waals surface area contributed by atoms with E-state index in [0.29, 0.717) is 5.92 Å². The number of carbonyl (C=O) groups excluding carboxylic acids is 1. The molecule has 1 aliphatic rings. The van der Waals surface area contributed by atoms with Gasteiger partial charge in [-0.3, -0.25) is 4.79 Å². The minimum absolute atomic E-state index is 0.00384. The molecule has 0 aromatic heterocycles. The van der Waals surface area contributed by atoms with Crippen LogP contribution in [0.15, 0.2) is 18.2 Å². The number of carbonyl (C=O) groups is 1. The second kappa shape index (κ2) is 4.70. The second-order valence-electron chi connectivity index (χ2n) is 4.61. The third-order valence-electron chi connectivity index (χ3n) is 3.34. The largest absolute Gasteiger partial charge is 0.293 e. The summed E-state index contributed by atoms with van der Waals surface area (Å²) < 4.78 is 0. The zero-order valence-corrected chi connectivity index (χ0v) is 11.4. The number of unbranched alkanes of at least 4 members (excludes halogenated alkanes) is 1. The number of rotatable bonds is 3. The number of alkyl halides is 1. The van der Waals surface area contributed by atoms with Crippen molar-refractivity contribution in [3.8, 4) is 0 Å². The molecule has 1 aromatic rings. The number of fused-ring (bicyclic) bond motifs is 1. The average Bonchev–Trinajstić information content (AvgIpc) is 2.50. The summed E-state index contributed by atoms with van der Waals surface area (Å²) in [4.78, 5) is 12.0. The van der Waals surface area contributed by atoms with Crippen LogP contribution in [0, 0.1) is 6.92 Å². The fraction of sp³-hybridized carbons (Fsp3) is 0.500. The van der Waals surface area contributed by atoms with Crippen molar-refractivity contribution in [3.63, 3.8) is 0 Å². The number of ketones is 1. The van der Waals surface area contributed by atoms with Gasteiger partial charge in [0, 0.05) is 11.5 Å². The molecule has 0 spiro atoms. The number of aryl methyl sites for hydroxylation is 1. The molecule has 0 heterocycles. The maximum Gasteiger partial charge on any atom is 0.177 e. The van der Waals surface area contributed by atoms with Gasteiger partial charge in [-0.15, -0.1) is 0 Å². The number of halogens is 1. The first-order chi connectivity index (χ1) is 7.65. The molecule has 0 saturated heterocycles. The predicted octanol–water partition coefficient (Wildman–Crippen LogP) is 4.23. The van der Waals surface area contributed by atoms with E-state index in [-0.39, 0.29) is 10.6 Å². The molecule has 0 bridgehead atoms. The highest BCUT2D eigenvalue weighted by atomic mass is 79.9. The van der Waals surface area contributed by atoms with Gasteiger partial charge in [-0.05, 0) is 18.9 Å². The fourth-order valence-electron chi connectivity index (χ4n) is 2.43. The Bertz CT molecular complexity index is 411. The smallest absolute Gasteiger partial charge is 0.177 e. The minimum atomic E-state index is -0.00384. The van der Waals surface area contributed by atoms with Crippen LogP contribution >= 0.6 is 15.9 Å². The van der Waals surface area contributed by atoms with Gasteiger partial charge in [0.1, 0.15) is 0 Å². The van der Waals surface area contributed by atoms with Crippen LogP contribution in [0.2, 0.25) is 0 Å². The van der Waals surface area contributed by atoms with E-state index in [2.05, 4.69) is 35.8 Å². The first-order valence-corrected chi connectivity index (χ1v) is 6.85. The van der Waals surface area contributed by atoms with E-state index in [0.717, 1.165) is 12.0 Å². The van der Waals surface area contributed by atoms with E-state index in [4.69, 9.17) is 0 Å². The monoisotopic (exact) mass is 280 g/mol. The van der Waals surface area contributed by atoms with Crippen LogP contribution in [-0.4, -0.2) is 10.6 Å². The SMILES string of the molecule is CCCCC1c2cc(C)ccc2C(=O)C1Br. The van der Waals surface area contributed by atoms with Crippen LogP contribution < -0.4 is 0 Å². The Kier molecular flexibility index (Phi) is 3.48. The summed E-state index contributed by atoms with van der Waals surface area (Å²) in [5.74, 6) is 0.637. The summed E-state index contributed by atoms with van der Waals surface area (Å²) in [6, 6.07) is 6.18. The molecule has 2 heteroatoms. The van der Waals surface area contributed by atoms with E-state index in [9.17, 15) is 4.79 Å². The highest BCUT2D eigenvalue weighted by Crippen LogP contribution is 2.41. The third kappa shape index (κ3) is 1.95. The van der Waals surface area contributed by atoms with Crippen LogP contribution in [0.4, 0.5) is 0 Å². The zero-order valence-electron chi connectivity index (χ0n) is 9.79. The molecular formula is C14H17BrO. The van der Waals surface area contributed by atoms with Crippen molar-refractivity contribution in [2.24, 2.45) is 0 Å². The quantitative estimate of drug-likeness (QED) is 0.758. The summed E-state index contributed by atoms with van der Waals surface area (Å²) in [7, 11) is 0. The molecule has 0 fully saturated rings. The molecule has 86 valence electrons. The van der Waals surface area contributed by atoms with Gasteiger partial charge in [-0.25, -0.2) is 0 Å². The van der Waals surface area contributed by atoms with Gasteiger partial charge in [-0.1, -0.05) is 59.5 Å². The molecule has 0 saturated carbocycles. The Balaban J connectivity index is 2.35. The van der Waals surface area contributed by atoms with Crippen LogP contribution in [0.1, 0.15) is 53.6 Å². The number of Topliss-reactive ketones (excluding diaryl/α,β-unsaturated/α-hetero) is 1. The summed E-state index contributed by atoms with van der Waals surface area (Å²) in [5, 5.41) is 0. The van der Waals surface area contributed by atoms with Crippen molar-refractivity contribution in [1.82, 2.24) is 0 Å². The van der Waals surface area contributed by atoms with Crippen molar-refractivity contribution in [3.05, 3.63) is 34.9 Å². The zero-order chi connectivity index (χ0) is 11.7. The minimum Gasteiger partial charge on any atom is -0.293 e. The topological polar surface area (TPSA) is 17.1 Å². The normalized spacial score (nSPS) is 23.6.